The Labute approximate surface area is 97.8 Å². The molecule has 1 aliphatic carbocycles. The molecule has 88 valence electrons. The van der Waals surface area contributed by atoms with Gasteiger partial charge in [0.15, 0.2) is 0 Å². The van der Waals surface area contributed by atoms with Gasteiger partial charge in [0.1, 0.15) is 5.75 Å². The van der Waals surface area contributed by atoms with Crippen LogP contribution in [0.15, 0.2) is 24.3 Å². The summed E-state index contributed by atoms with van der Waals surface area (Å²) in [5.74, 6) is 1.56. The summed E-state index contributed by atoms with van der Waals surface area (Å²) in [4.78, 5) is 0. The summed E-state index contributed by atoms with van der Waals surface area (Å²) in [5, 5.41) is 0. The Bertz CT molecular complexity index is 336. The maximum absolute atomic E-state index is 5.88. The van der Waals surface area contributed by atoms with Gasteiger partial charge in [-0.2, -0.15) is 0 Å². The molecule has 0 spiro atoms. The fourth-order valence-electron chi connectivity index (χ4n) is 2.77. The van der Waals surface area contributed by atoms with Gasteiger partial charge in [-0.25, -0.2) is 0 Å². The van der Waals surface area contributed by atoms with E-state index in [-0.39, 0.29) is 0 Å². The normalized spacial score (nSPS) is 19.2. The first-order chi connectivity index (χ1) is 7.76. The molecule has 2 N–H and O–H groups in total. The van der Waals surface area contributed by atoms with Crippen molar-refractivity contribution in [2.45, 2.75) is 31.6 Å². The summed E-state index contributed by atoms with van der Waals surface area (Å²) in [6, 6.07) is 8.51. The molecule has 2 rings (SSSR count). The number of hydrogen-bond donors (Lipinski definition) is 1. The van der Waals surface area contributed by atoms with Crippen molar-refractivity contribution in [2.24, 2.45) is 11.7 Å². The Morgan fingerprint density at radius 2 is 1.94 bits per heavy atom. The molecule has 0 saturated heterocycles. The number of methoxy groups -OCH3 is 1. The molecule has 0 heterocycles. The lowest BCUT2D eigenvalue weighted by Crippen LogP contribution is -2.27. The van der Waals surface area contributed by atoms with Gasteiger partial charge in [-0.15, -0.1) is 0 Å². The minimum Gasteiger partial charge on any atom is -0.497 e. The molecule has 0 bridgehead atoms. The van der Waals surface area contributed by atoms with E-state index in [9.17, 15) is 0 Å². The quantitative estimate of drug-likeness (QED) is 0.826. The summed E-state index contributed by atoms with van der Waals surface area (Å²) in [7, 11) is 1.70. The van der Waals surface area contributed by atoms with E-state index in [1.54, 1.807) is 7.11 Å². The van der Waals surface area contributed by atoms with Crippen LogP contribution in [-0.2, 0) is 5.41 Å². The molecule has 1 aliphatic rings. The van der Waals surface area contributed by atoms with Crippen LogP contribution in [0.25, 0.3) is 0 Å². The lowest BCUT2D eigenvalue weighted by Gasteiger charge is -2.25. The zero-order valence-corrected chi connectivity index (χ0v) is 10.2. The number of benzene rings is 1. The van der Waals surface area contributed by atoms with Gasteiger partial charge < -0.3 is 10.5 Å². The third-order valence-electron chi connectivity index (χ3n) is 4.01. The van der Waals surface area contributed by atoms with Gasteiger partial charge in [-0.3, -0.25) is 0 Å². The second-order valence-corrected chi connectivity index (χ2v) is 4.73. The van der Waals surface area contributed by atoms with Gasteiger partial charge in [-0.1, -0.05) is 25.5 Å². The maximum Gasteiger partial charge on any atom is 0.118 e. The van der Waals surface area contributed by atoms with Crippen LogP contribution >= 0.6 is 0 Å². The molecule has 1 saturated carbocycles. The molecule has 2 nitrogen and oxygen atoms in total. The van der Waals surface area contributed by atoms with E-state index in [2.05, 4.69) is 31.2 Å². The average molecular weight is 219 g/mol. The minimum absolute atomic E-state index is 0.371. The van der Waals surface area contributed by atoms with Crippen molar-refractivity contribution in [1.29, 1.82) is 0 Å². The molecule has 1 fully saturated rings. The number of nitrogens with two attached hydrogens (primary N) is 1. The van der Waals surface area contributed by atoms with E-state index < -0.39 is 0 Å². The highest BCUT2D eigenvalue weighted by Gasteiger charge is 2.48. The second kappa shape index (κ2) is 4.46. The van der Waals surface area contributed by atoms with Crippen molar-refractivity contribution in [3.05, 3.63) is 29.8 Å². The lowest BCUT2D eigenvalue weighted by molar-refractivity contribution is 0.397. The second-order valence-electron chi connectivity index (χ2n) is 4.73. The van der Waals surface area contributed by atoms with E-state index in [4.69, 9.17) is 10.5 Å². The molecule has 1 atom stereocenters. The topological polar surface area (TPSA) is 35.2 Å². The van der Waals surface area contributed by atoms with Gasteiger partial charge in [0.25, 0.3) is 0 Å². The van der Waals surface area contributed by atoms with E-state index >= 15 is 0 Å². The third-order valence-corrected chi connectivity index (χ3v) is 4.01. The molecule has 0 radical (unpaired) electrons. The van der Waals surface area contributed by atoms with Crippen LogP contribution in [0.3, 0.4) is 0 Å². The summed E-state index contributed by atoms with van der Waals surface area (Å²) >= 11 is 0. The van der Waals surface area contributed by atoms with Crippen molar-refractivity contribution in [3.8, 4) is 5.75 Å². The molecule has 16 heavy (non-hydrogen) atoms. The summed E-state index contributed by atoms with van der Waals surface area (Å²) in [5.41, 5.74) is 7.68. The van der Waals surface area contributed by atoms with Crippen LogP contribution in [-0.4, -0.2) is 13.7 Å². The largest absolute Gasteiger partial charge is 0.497 e. The predicted octanol–water partition coefficient (Wildman–Crippen LogP) is 2.71. The monoisotopic (exact) mass is 219 g/mol. The van der Waals surface area contributed by atoms with E-state index in [0.29, 0.717) is 11.3 Å². The van der Waals surface area contributed by atoms with Crippen LogP contribution in [0.4, 0.5) is 0 Å². The average Bonchev–Trinajstić information content (AvgIpc) is 3.12. The van der Waals surface area contributed by atoms with Gasteiger partial charge in [0, 0.05) is 0 Å². The number of rotatable bonds is 5. The Kier molecular flexibility index (Phi) is 3.20. The maximum atomic E-state index is 5.88. The molecular formula is C14H21NO. The highest BCUT2D eigenvalue weighted by Crippen LogP contribution is 2.54. The van der Waals surface area contributed by atoms with Crippen LogP contribution in [0, 0.1) is 5.92 Å². The molecule has 1 aromatic rings. The first-order valence-electron chi connectivity index (χ1n) is 6.11. The summed E-state index contributed by atoms with van der Waals surface area (Å²) in [6.07, 6.45) is 3.74. The zero-order chi connectivity index (χ0) is 11.6. The van der Waals surface area contributed by atoms with Crippen LogP contribution < -0.4 is 10.5 Å². The summed E-state index contributed by atoms with van der Waals surface area (Å²) in [6.45, 7) is 3.03. The Hall–Kier alpha value is -1.02. The van der Waals surface area contributed by atoms with E-state index in [0.717, 1.165) is 12.3 Å². The van der Waals surface area contributed by atoms with E-state index in [1.165, 1.54) is 24.8 Å². The van der Waals surface area contributed by atoms with Crippen molar-refractivity contribution >= 4 is 0 Å². The highest BCUT2D eigenvalue weighted by atomic mass is 16.5. The number of ether oxygens (including phenoxy) is 1. The first-order valence-corrected chi connectivity index (χ1v) is 6.11. The number of hydrogen-bond acceptors (Lipinski definition) is 2. The van der Waals surface area contributed by atoms with Crippen molar-refractivity contribution in [1.82, 2.24) is 0 Å². The van der Waals surface area contributed by atoms with Gasteiger partial charge >= 0.3 is 0 Å². The van der Waals surface area contributed by atoms with Gasteiger partial charge in [0.2, 0.25) is 0 Å². The Balaban J connectivity index is 2.22. The fraction of sp³-hybridized carbons (Fsp3) is 0.571. The van der Waals surface area contributed by atoms with Crippen LogP contribution in [0.5, 0.6) is 5.75 Å². The Morgan fingerprint density at radius 1 is 1.31 bits per heavy atom. The Morgan fingerprint density at radius 3 is 2.31 bits per heavy atom. The first kappa shape index (κ1) is 11.5. The highest BCUT2D eigenvalue weighted by molar-refractivity contribution is 5.37. The summed E-state index contributed by atoms with van der Waals surface area (Å²) < 4.78 is 5.19. The minimum atomic E-state index is 0.371. The zero-order valence-electron chi connectivity index (χ0n) is 10.2. The molecular weight excluding hydrogens is 198 g/mol. The standard InChI is InChI=1S/C14H21NO/c1-3-11(10-15)14(8-9-14)12-4-6-13(16-2)7-5-12/h4-7,11H,3,8-10,15H2,1-2H3. The molecule has 0 amide bonds. The van der Waals surface area contributed by atoms with Crippen LogP contribution in [0.2, 0.25) is 0 Å². The lowest BCUT2D eigenvalue weighted by atomic mass is 9.81. The van der Waals surface area contributed by atoms with Crippen molar-refractivity contribution in [2.75, 3.05) is 13.7 Å². The molecule has 1 unspecified atom stereocenters. The SMILES string of the molecule is CCC(CN)C1(c2ccc(OC)cc2)CC1. The molecule has 1 aromatic carbocycles. The molecule has 2 heteroatoms. The van der Waals surface area contributed by atoms with Crippen molar-refractivity contribution in [3.63, 3.8) is 0 Å². The van der Waals surface area contributed by atoms with Crippen molar-refractivity contribution < 1.29 is 4.74 Å². The van der Waals surface area contributed by atoms with Crippen LogP contribution in [0.1, 0.15) is 31.7 Å². The van der Waals surface area contributed by atoms with Gasteiger partial charge in [0.05, 0.1) is 7.11 Å². The van der Waals surface area contributed by atoms with Gasteiger partial charge in [-0.05, 0) is 48.4 Å². The molecule has 0 aliphatic heterocycles. The fourth-order valence-corrected chi connectivity index (χ4v) is 2.77. The molecule has 0 aromatic heterocycles. The van der Waals surface area contributed by atoms with E-state index in [1.807, 2.05) is 0 Å². The predicted molar refractivity (Wildman–Crippen MR) is 66.7 cm³/mol. The smallest absolute Gasteiger partial charge is 0.118 e. The third kappa shape index (κ3) is 1.82.